The Morgan fingerprint density at radius 3 is 2.55 bits per heavy atom. The Kier molecular flexibility index (Phi) is 8.48. The Hall–Kier alpha value is -1.27. The van der Waals surface area contributed by atoms with E-state index in [0.717, 1.165) is 16.5 Å². The third kappa shape index (κ3) is 4.61. The summed E-state index contributed by atoms with van der Waals surface area (Å²) in [4.78, 5) is 14.3. The van der Waals surface area contributed by atoms with Crippen LogP contribution in [0.1, 0.15) is 23.0 Å². The van der Waals surface area contributed by atoms with Crippen LogP contribution in [0.5, 0.6) is 0 Å². The van der Waals surface area contributed by atoms with Gasteiger partial charge in [0.25, 0.3) is 5.91 Å². The third-order valence-corrected chi connectivity index (χ3v) is 3.11. The number of nitrogens with two attached hydrogens (primary N) is 1. The van der Waals surface area contributed by atoms with Crippen molar-refractivity contribution in [2.24, 2.45) is 5.73 Å². The molecule has 124 valence electrons. The molecule has 0 aliphatic heterocycles. The van der Waals surface area contributed by atoms with Crippen LogP contribution in [0, 0.1) is 0 Å². The van der Waals surface area contributed by atoms with E-state index in [1.165, 1.54) is 0 Å². The van der Waals surface area contributed by atoms with Crippen molar-refractivity contribution in [1.82, 2.24) is 10.2 Å². The van der Waals surface area contributed by atoms with E-state index in [-0.39, 0.29) is 36.8 Å². The Balaban J connectivity index is 0.00000220. The van der Waals surface area contributed by atoms with Crippen molar-refractivity contribution in [3.8, 4) is 0 Å². The van der Waals surface area contributed by atoms with Crippen molar-refractivity contribution >= 4 is 41.7 Å². The molecule has 2 aromatic rings. The highest BCUT2D eigenvalue weighted by atomic mass is 35.5. The number of nitrogens with zero attached hydrogens (tertiary/aromatic N) is 1. The molecule has 0 spiro atoms. The van der Waals surface area contributed by atoms with Gasteiger partial charge < -0.3 is 20.4 Å². The van der Waals surface area contributed by atoms with Gasteiger partial charge >= 0.3 is 0 Å². The summed E-state index contributed by atoms with van der Waals surface area (Å²) in [7, 11) is 3.93. The molecule has 0 fully saturated rings. The van der Waals surface area contributed by atoms with Crippen molar-refractivity contribution in [2.45, 2.75) is 19.5 Å². The summed E-state index contributed by atoms with van der Waals surface area (Å²) in [5.74, 6) is 0.163. The quantitative estimate of drug-likeness (QED) is 0.871. The number of furan rings is 1. The molecule has 0 saturated heterocycles. The summed E-state index contributed by atoms with van der Waals surface area (Å²) in [6.07, 6.45) is 0. The topological polar surface area (TPSA) is 71.5 Å². The van der Waals surface area contributed by atoms with Crippen molar-refractivity contribution in [1.29, 1.82) is 0 Å². The SMILES string of the molecule is C[C@@H](CN)NC(=O)c1oc2ccccc2c1CN(C)C.Cl.Cl. The second kappa shape index (κ2) is 9.00. The first-order chi connectivity index (χ1) is 9.52. The van der Waals surface area contributed by atoms with E-state index < -0.39 is 0 Å². The van der Waals surface area contributed by atoms with E-state index in [1.54, 1.807) is 0 Å². The Morgan fingerprint density at radius 2 is 1.95 bits per heavy atom. The Labute approximate surface area is 143 Å². The van der Waals surface area contributed by atoms with Gasteiger partial charge in [-0.25, -0.2) is 0 Å². The fourth-order valence-corrected chi connectivity index (χ4v) is 2.10. The van der Waals surface area contributed by atoms with Crippen LogP contribution in [0.4, 0.5) is 0 Å². The number of rotatable bonds is 5. The van der Waals surface area contributed by atoms with Gasteiger partial charge in [-0.2, -0.15) is 0 Å². The highest BCUT2D eigenvalue weighted by Gasteiger charge is 2.21. The molecule has 0 radical (unpaired) electrons. The van der Waals surface area contributed by atoms with Gasteiger partial charge in [-0.3, -0.25) is 4.79 Å². The standard InChI is InChI=1S/C15H21N3O2.2ClH/c1-10(8-16)17-15(19)14-12(9-18(2)3)11-6-4-5-7-13(11)20-14;;/h4-7,10H,8-9,16H2,1-3H3,(H,17,19);2*1H/t10-;;/m0../s1. The number of benzene rings is 1. The molecule has 0 bridgehead atoms. The fourth-order valence-electron chi connectivity index (χ4n) is 2.10. The van der Waals surface area contributed by atoms with E-state index in [4.69, 9.17) is 10.2 Å². The monoisotopic (exact) mass is 347 g/mol. The van der Waals surface area contributed by atoms with Gasteiger partial charge in [0.05, 0.1) is 0 Å². The largest absolute Gasteiger partial charge is 0.451 e. The second-order valence-electron chi connectivity index (χ2n) is 5.25. The third-order valence-electron chi connectivity index (χ3n) is 3.11. The summed E-state index contributed by atoms with van der Waals surface area (Å²) < 4.78 is 5.73. The lowest BCUT2D eigenvalue weighted by atomic mass is 10.1. The zero-order valence-corrected chi connectivity index (χ0v) is 14.6. The molecular weight excluding hydrogens is 325 g/mol. The predicted octanol–water partition coefficient (Wildman–Crippen LogP) is 2.42. The van der Waals surface area contributed by atoms with E-state index in [9.17, 15) is 4.79 Å². The number of carbonyl (C=O) groups excluding carboxylic acids is 1. The smallest absolute Gasteiger partial charge is 0.287 e. The molecular formula is C15H23Cl2N3O2. The molecule has 7 heteroatoms. The van der Waals surface area contributed by atoms with Crippen molar-refractivity contribution in [2.75, 3.05) is 20.6 Å². The highest BCUT2D eigenvalue weighted by Crippen LogP contribution is 2.26. The maximum Gasteiger partial charge on any atom is 0.287 e. The number of amides is 1. The molecule has 22 heavy (non-hydrogen) atoms. The van der Waals surface area contributed by atoms with Gasteiger partial charge in [-0.05, 0) is 27.1 Å². The molecule has 5 nitrogen and oxygen atoms in total. The summed E-state index contributed by atoms with van der Waals surface area (Å²) in [5, 5.41) is 3.82. The maximum absolute atomic E-state index is 12.3. The fraction of sp³-hybridized carbons (Fsp3) is 0.400. The van der Waals surface area contributed by atoms with Crippen molar-refractivity contribution in [3.63, 3.8) is 0 Å². The average molecular weight is 348 g/mol. The van der Waals surface area contributed by atoms with Gasteiger partial charge in [0.1, 0.15) is 5.58 Å². The first-order valence-electron chi connectivity index (χ1n) is 6.69. The van der Waals surface area contributed by atoms with Gasteiger partial charge in [-0.1, -0.05) is 18.2 Å². The molecule has 1 aromatic heterocycles. The van der Waals surface area contributed by atoms with Crippen molar-refractivity contribution in [3.05, 3.63) is 35.6 Å². The molecule has 1 aromatic carbocycles. The number of halogens is 2. The number of carbonyl (C=O) groups is 1. The van der Waals surface area contributed by atoms with Gasteiger partial charge in [0.15, 0.2) is 5.76 Å². The number of para-hydroxylation sites is 1. The predicted molar refractivity (Wildman–Crippen MR) is 94.1 cm³/mol. The molecule has 0 unspecified atom stereocenters. The van der Waals surface area contributed by atoms with Crippen LogP contribution in [-0.4, -0.2) is 37.5 Å². The lowest BCUT2D eigenvalue weighted by Crippen LogP contribution is -2.38. The van der Waals surface area contributed by atoms with E-state index in [0.29, 0.717) is 18.8 Å². The summed E-state index contributed by atoms with van der Waals surface area (Å²) in [6, 6.07) is 7.61. The number of nitrogens with one attached hydrogen (secondary N) is 1. The molecule has 2 rings (SSSR count). The molecule has 3 N–H and O–H groups in total. The van der Waals surface area contributed by atoms with Crippen molar-refractivity contribution < 1.29 is 9.21 Å². The summed E-state index contributed by atoms with van der Waals surface area (Å²) >= 11 is 0. The van der Waals surface area contributed by atoms with Gasteiger partial charge in [0, 0.05) is 30.1 Å². The number of hydrogen-bond donors (Lipinski definition) is 2. The molecule has 0 aliphatic rings. The first kappa shape index (κ1) is 20.7. The Morgan fingerprint density at radius 1 is 1.32 bits per heavy atom. The number of fused-ring (bicyclic) bond motifs is 1. The summed E-state index contributed by atoms with van der Waals surface area (Å²) in [6.45, 7) is 2.91. The molecule has 1 atom stereocenters. The minimum Gasteiger partial charge on any atom is -0.451 e. The van der Waals surface area contributed by atoms with Crippen LogP contribution < -0.4 is 11.1 Å². The summed E-state index contributed by atoms with van der Waals surface area (Å²) in [5.41, 5.74) is 7.18. The zero-order chi connectivity index (χ0) is 14.7. The van der Waals surface area contributed by atoms with Crippen LogP contribution in [0.3, 0.4) is 0 Å². The highest BCUT2D eigenvalue weighted by molar-refractivity contribution is 5.99. The maximum atomic E-state index is 12.3. The molecule has 0 saturated carbocycles. The van der Waals surface area contributed by atoms with Gasteiger partial charge in [0.2, 0.25) is 0 Å². The normalized spacial score (nSPS) is 11.7. The van der Waals surface area contributed by atoms with Crippen LogP contribution in [0.2, 0.25) is 0 Å². The Bertz CT molecular complexity index is 614. The van der Waals surface area contributed by atoms with E-state index in [1.807, 2.05) is 50.2 Å². The first-order valence-corrected chi connectivity index (χ1v) is 6.69. The van der Waals surface area contributed by atoms with Crippen LogP contribution in [0.25, 0.3) is 11.0 Å². The second-order valence-corrected chi connectivity index (χ2v) is 5.25. The van der Waals surface area contributed by atoms with Crippen LogP contribution >= 0.6 is 24.8 Å². The average Bonchev–Trinajstić information content (AvgIpc) is 2.77. The van der Waals surface area contributed by atoms with Crippen LogP contribution in [-0.2, 0) is 6.54 Å². The van der Waals surface area contributed by atoms with E-state index in [2.05, 4.69) is 5.32 Å². The van der Waals surface area contributed by atoms with Gasteiger partial charge in [-0.15, -0.1) is 24.8 Å². The lowest BCUT2D eigenvalue weighted by molar-refractivity contribution is 0.0913. The van der Waals surface area contributed by atoms with E-state index >= 15 is 0 Å². The lowest BCUT2D eigenvalue weighted by Gasteiger charge is -2.12. The molecule has 1 amide bonds. The minimum absolute atomic E-state index is 0. The molecule has 0 aliphatic carbocycles. The van der Waals surface area contributed by atoms with Crippen LogP contribution in [0.15, 0.2) is 28.7 Å². The molecule has 1 heterocycles. The minimum atomic E-state index is -0.212. The zero-order valence-electron chi connectivity index (χ0n) is 13.0. The number of hydrogen-bond acceptors (Lipinski definition) is 4.